The molecule has 0 atom stereocenters. The highest BCUT2D eigenvalue weighted by Crippen LogP contribution is 2.35. The maximum absolute atomic E-state index is 4.70. The van der Waals surface area contributed by atoms with E-state index in [1.54, 1.807) is 0 Å². The van der Waals surface area contributed by atoms with Crippen molar-refractivity contribution in [1.29, 1.82) is 0 Å². The smallest absolute Gasteiger partial charge is 0.0520 e. The van der Waals surface area contributed by atoms with Gasteiger partial charge in [-0.2, -0.15) is 0 Å². The lowest BCUT2D eigenvalue weighted by Gasteiger charge is -2.09. The van der Waals surface area contributed by atoms with Crippen molar-refractivity contribution < 1.29 is 1.43 Å². The Kier molecular flexibility index (Phi) is 4.26. The van der Waals surface area contributed by atoms with E-state index in [0.717, 1.165) is 29.8 Å². The summed E-state index contributed by atoms with van der Waals surface area (Å²) in [6.45, 7) is 2.09. The Bertz CT molecular complexity index is 947. The molecule has 2 heterocycles. The Morgan fingerprint density at radius 1 is 1.12 bits per heavy atom. The fourth-order valence-corrected chi connectivity index (χ4v) is 3.27. The molecule has 0 saturated heterocycles. The molecule has 0 fully saturated rings. The van der Waals surface area contributed by atoms with Gasteiger partial charge in [0.05, 0.1) is 5.69 Å². The number of aliphatic imine (C=N–C) groups is 1. The average molecular weight is 326 g/mol. The molecule has 0 N–H and O–H groups in total. The van der Waals surface area contributed by atoms with E-state index >= 15 is 0 Å². The lowest BCUT2D eigenvalue weighted by Crippen LogP contribution is -1.93. The lowest BCUT2D eigenvalue weighted by molar-refractivity contribution is 1.13. The van der Waals surface area contributed by atoms with Crippen molar-refractivity contribution in [2.45, 2.75) is 19.8 Å². The Hall–Kier alpha value is -3.00. The molecule has 25 heavy (non-hydrogen) atoms. The Morgan fingerprint density at radius 3 is 2.76 bits per heavy atom. The first-order valence-corrected chi connectivity index (χ1v) is 8.66. The van der Waals surface area contributed by atoms with Gasteiger partial charge in [-0.25, -0.2) is 0 Å². The normalized spacial score (nSPS) is 16.3. The summed E-state index contributed by atoms with van der Waals surface area (Å²) in [5.74, 6) is 0. The molecular weight excluding hydrogens is 304 g/mol. The van der Waals surface area contributed by atoms with E-state index < -0.39 is 0 Å². The highest BCUT2D eigenvalue weighted by molar-refractivity contribution is 5.99. The second-order valence-electron chi connectivity index (χ2n) is 6.19. The van der Waals surface area contributed by atoms with Crippen molar-refractivity contribution in [3.05, 3.63) is 96.0 Å². The molecule has 1 aliphatic carbocycles. The summed E-state index contributed by atoms with van der Waals surface area (Å²) in [6.07, 6.45) is 16.5. The molecule has 0 spiro atoms. The molecule has 0 amide bonds. The van der Waals surface area contributed by atoms with Gasteiger partial charge in [0.15, 0.2) is 0 Å². The highest BCUT2D eigenvalue weighted by atomic mass is 14.7. The first kappa shape index (κ1) is 15.5. The summed E-state index contributed by atoms with van der Waals surface area (Å²) in [4.78, 5) is 9.06. The summed E-state index contributed by atoms with van der Waals surface area (Å²) in [7, 11) is 0. The van der Waals surface area contributed by atoms with Crippen molar-refractivity contribution in [2.75, 3.05) is 0 Å². The molecule has 0 saturated carbocycles. The maximum atomic E-state index is 4.70. The van der Waals surface area contributed by atoms with Gasteiger partial charge in [0.1, 0.15) is 0 Å². The molecule has 0 radical (unpaired) electrons. The molecule has 124 valence electrons. The molecule has 2 nitrogen and oxygen atoms in total. The number of nitrogens with zero attached hydrogens (tertiary/aromatic N) is 2. The van der Waals surface area contributed by atoms with Crippen molar-refractivity contribution in [2.24, 2.45) is 4.99 Å². The number of hydrogen-bond donors (Lipinski definition) is 0. The Balaban J connectivity index is 0.00000196. The first-order valence-electron chi connectivity index (χ1n) is 8.66. The van der Waals surface area contributed by atoms with Gasteiger partial charge in [-0.3, -0.25) is 9.98 Å². The Morgan fingerprint density at radius 2 is 2.00 bits per heavy atom. The van der Waals surface area contributed by atoms with Crippen LogP contribution >= 0.6 is 0 Å². The maximum Gasteiger partial charge on any atom is 0.0520 e. The summed E-state index contributed by atoms with van der Waals surface area (Å²) < 4.78 is 0. The minimum Gasteiger partial charge on any atom is -0.261 e. The lowest BCUT2D eigenvalue weighted by atomic mass is 9.97. The second kappa shape index (κ2) is 6.86. The monoisotopic (exact) mass is 326 g/mol. The van der Waals surface area contributed by atoms with Gasteiger partial charge < -0.3 is 0 Å². The molecule has 1 aliphatic heterocycles. The fraction of sp³-hybridized carbons (Fsp3) is 0.130. The van der Waals surface area contributed by atoms with Crippen LogP contribution in [0.25, 0.3) is 16.7 Å². The highest BCUT2D eigenvalue weighted by Gasteiger charge is 2.18. The number of benzene rings is 1. The van der Waals surface area contributed by atoms with E-state index in [-0.39, 0.29) is 1.43 Å². The van der Waals surface area contributed by atoms with Crippen LogP contribution in [0.3, 0.4) is 0 Å². The number of aromatic nitrogens is 1. The van der Waals surface area contributed by atoms with Gasteiger partial charge in [0.25, 0.3) is 0 Å². The van der Waals surface area contributed by atoms with Gasteiger partial charge in [-0.05, 0) is 35.8 Å². The van der Waals surface area contributed by atoms with Crippen LogP contribution < -0.4 is 0 Å². The van der Waals surface area contributed by atoms with Crippen molar-refractivity contribution >= 4 is 11.3 Å². The third kappa shape index (κ3) is 3.16. The van der Waals surface area contributed by atoms with Crippen LogP contribution in [0.4, 0.5) is 0 Å². The zero-order valence-corrected chi connectivity index (χ0v) is 14.3. The van der Waals surface area contributed by atoms with E-state index in [0.29, 0.717) is 0 Å². The number of hydrogen-bond acceptors (Lipinski definition) is 2. The standard InChI is InChI=1S/C23H20N2.H2/c1-2-17(10-11-20-9-6-14-24-20)21-12-13-23-22(21)15-19(16-25-23)18-7-4-3-5-8-18;/h2-8,10-12,14-16H,9,13H2,1H3;1H/b11-10-,17-2+;. The molecule has 1 aromatic heterocycles. The zero-order chi connectivity index (χ0) is 17.1. The molecule has 1 aromatic carbocycles. The summed E-state index contributed by atoms with van der Waals surface area (Å²) in [6, 6.07) is 12.7. The summed E-state index contributed by atoms with van der Waals surface area (Å²) in [5.41, 5.74) is 8.36. The van der Waals surface area contributed by atoms with Crippen LogP contribution in [0.1, 0.15) is 26.0 Å². The third-order valence-corrected chi connectivity index (χ3v) is 4.62. The van der Waals surface area contributed by atoms with Crippen LogP contribution in [0.15, 0.2) is 89.7 Å². The SMILES string of the molecule is C/C=C(\C=C/C1=NC=CC1)C1=CCc2ncc(-c3ccccc3)cc21.[HH]. The summed E-state index contributed by atoms with van der Waals surface area (Å²) >= 11 is 0. The first-order chi connectivity index (χ1) is 12.3. The molecule has 0 bridgehead atoms. The van der Waals surface area contributed by atoms with E-state index in [9.17, 15) is 0 Å². The second-order valence-corrected chi connectivity index (χ2v) is 6.19. The molecule has 2 aromatic rings. The van der Waals surface area contributed by atoms with E-state index in [4.69, 9.17) is 4.98 Å². The molecule has 0 unspecified atom stereocenters. The number of allylic oxidation sites excluding steroid dienone is 7. The van der Waals surface area contributed by atoms with Crippen LogP contribution in [0.2, 0.25) is 0 Å². The van der Waals surface area contributed by atoms with Crippen molar-refractivity contribution in [1.82, 2.24) is 4.98 Å². The minimum absolute atomic E-state index is 0. The minimum atomic E-state index is 0. The number of fused-ring (bicyclic) bond motifs is 1. The van der Waals surface area contributed by atoms with Crippen LogP contribution in [-0.2, 0) is 6.42 Å². The van der Waals surface area contributed by atoms with Gasteiger partial charge in [0, 0.05) is 43.5 Å². The fourth-order valence-electron chi connectivity index (χ4n) is 3.27. The number of pyridine rings is 1. The molecule has 4 rings (SSSR count). The van der Waals surface area contributed by atoms with Crippen LogP contribution in [-0.4, -0.2) is 10.7 Å². The predicted octanol–water partition coefficient (Wildman–Crippen LogP) is 5.80. The van der Waals surface area contributed by atoms with E-state index in [1.165, 1.54) is 22.3 Å². The van der Waals surface area contributed by atoms with Crippen LogP contribution in [0, 0.1) is 0 Å². The third-order valence-electron chi connectivity index (χ3n) is 4.62. The molecular formula is C23H22N2. The topological polar surface area (TPSA) is 25.2 Å². The zero-order valence-electron chi connectivity index (χ0n) is 14.3. The molecule has 2 aliphatic rings. The Labute approximate surface area is 150 Å². The van der Waals surface area contributed by atoms with E-state index in [2.05, 4.69) is 72.6 Å². The van der Waals surface area contributed by atoms with Gasteiger partial charge >= 0.3 is 0 Å². The van der Waals surface area contributed by atoms with Crippen LogP contribution in [0.5, 0.6) is 0 Å². The van der Waals surface area contributed by atoms with Gasteiger partial charge in [-0.15, -0.1) is 0 Å². The quantitative estimate of drug-likeness (QED) is 0.652. The summed E-state index contributed by atoms with van der Waals surface area (Å²) in [5, 5.41) is 0. The number of rotatable bonds is 4. The largest absolute Gasteiger partial charge is 0.261 e. The predicted molar refractivity (Wildman–Crippen MR) is 108 cm³/mol. The molecule has 2 heteroatoms. The van der Waals surface area contributed by atoms with Gasteiger partial charge in [-0.1, -0.05) is 54.6 Å². The van der Waals surface area contributed by atoms with Crippen molar-refractivity contribution in [3.63, 3.8) is 0 Å². The van der Waals surface area contributed by atoms with E-state index in [1.807, 2.05) is 18.5 Å². The van der Waals surface area contributed by atoms with Crippen molar-refractivity contribution in [3.8, 4) is 11.1 Å². The average Bonchev–Trinajstić information content (AvgIpc) is 3.33. The van der Waals surface area contributed by atoms with Gasteiger partial charge in [0.2, 0.25) is 0 Å².